The van der Waals surface area contributed by atoms with E-state index in [4.69, 9.17) is 14.2 Å². The molecule has 1 aliphatic rings. The molecule has 1 amide bonds. The summed E-state index contributed by atoms with van der Waals surface area (Å²) in [5, 5.41) is 2.72. The number of rotatable bonds is 4. The van der Waals surface area contributed by atoms with Crippen LogP contribution in [0, 0.1) is 0 Å². The highest BCUT2D eigenvalue weighted by Gasteiger charge is 2.33. The molecule has 1 fully saturated rings. The van der Waals surface area contributed by atoms with Crippen molar-refractivity contribution in [2.45, 2.75) is 18.4 Å². The number of halogens is 1. The average Bonchev–Trinajstić information content (AvgIpc) is 2.46. The van der Waals surface area contributed by atoms with Crippen LogP contribution in [0.15, 0.2) is 22.8 Å². The van der Waals surface area contributed by atoms with E-state index in [1.54, 1.807) is 25.3 Å². The van der Waals surface area contributed by atoms with Crippen molar-refractivity contribution < 1.29 is 19.0 Å². The van der Waals surface area contributed by atoms with Crippen LogP contribution in [0.4, 0.5) is 4.79 Å². The lowest BCUT2D eigenvalue weighted by molar-refractivity contribution is -0.0865. The van der Waals surface area contributed by atoms with Gasteiger partial charge in [-0.15, -0.1) is 0 Å². The highest BCUT2D eigenvalue weighted by molar-refractivity contribution is 9.10. The van der Waals surface area contributed by atoms with E-state index < -0.39 is 6.09 Å². The van der Waals surface area contributed by atoms with Crippen LogP contribution < -0.4 is 10.1 Å². The van der Waals surface area contributed by atoms with Crippen LogP contribution in [-0.2, 0) is 9.47 Å². The first kappa shape index (κ1) is 15.2. The molecule has 110 valence electrons. The minimum Gasteiger partial charge on any atom is -0.391 e. The summed E-state index contributed by atoms with van der Waals surface area (Å²) in [6.07, 6.45) is 0.955. The van der Waals surface area contributed by atoms with Gasteiger partial charge in [0, 0.05) is 39.2 Å². The molecule has 1 N–H and O–H groups in total. The topological polar surface area (TPSA) is 69.7 Å². The number of ether oxygens (including phenoxy) is 3. The van der Waals surface area contributed by atoms with Gasteiger partial charge in [0.1, 0.15) is 4.60 Å². The standard InChI is InChI=1S/C13H17BrN2O4/c1-18-13(5-7-19-8-6-13)9-15-12(17)20-11-4-2-3-10(14)16-11/h2-4H,5-9H2,1H3,(H,15,17). The number of hydrogen-bond acceptors (Lipinski definition) is 5. The van der Waals surface area contributed by atoms with Crippen LogP contribution in [-0.4, -0.2) is 43.5 Å². The van der Waals surface area contributed by atoms with E-state index in [0.717, 1.165) is 12.8 Å². The van der Waals surface area contributed by atoms with Gasteiger partial charge in [-0.3, -0.25) is 0 Å². The van der Waals surface area contributed by atoms with E-state index in [9.17, 15) is 4.79 Å². The molecule has 0 saturated carbocycles. The van der Waals surface area contributed by atoms with Gasteiger partial charge in [-0.05, 0) is 22.0 Å². The highest BCUT2D eigenvalue weighted by atomic mass is 79.9. The quantitative estimate of drug-likeness (QED) is 0.847. The van der Waals surface area contributed by atoms with E-state index in [1.165, 1.54) is 0 Å². The first-order valence-electron chi connectivity index (χ1n) is 6.35. The monoisotopic (exact) mass is 344 g/mol. The molecule has 0 unspecified atom stereocenters. The second-order valence-electron chi connectivity index (χ2n) is 4.54. The molecule has 1 aliphatic heterocycles. The van der Waals surface area contributed by atoms with Gasteiger partial charge in [0.15, 0.2) is 0 Å². The van der Waals surface area contributed by atoms with Gasteiger partial charge in [0.2, 0.25) is 5.88 Å². The predicted molar refractivity (Wildman–Crippen MR) is 75.8 cm³/mol. The molecule has 7 heteroatoms. The van der Waals surface area contributed by atoms with Crippen molar-refractivity contribution in [3.8, 4) is 5.88 Å². The Morgan fingerprint density at radius 1 is 1.50 bits per heavy atom. The van der Waals surface area contributed by atoms with Crippen molar-refractivity contribution >= 4 is 22.0 Å². The molecule has 0 spiro atoms. The summed E-state index contributed by atoms with van der Waals surface area (Å²) in [6.45, 7) is 1.66. The Labute approximate surface area is 125 Å². The summed E-state index contributed by atoms with van der Waals surface area (Å²) >= 11 is 3.22. The molecule has 2 heterocycles. The second kappa shape index (κ2) is 7.01. The van der Waals surface area contributed by atoms with E-state index >= 15 is 0 Å². The van der Waals surface area contributed by atoms with Crippen molar-refractivity contribution in [3.05, 3.63) is 22.8 Å². The molecule has 0 aliphatic carbocycles. The largest absolute Gasteiger partial charge is 0.414 e. The third-order valence-electron chi connectivity index (χ3n) is 3.28. The van der Waals surface area contributed by atoms with Crippen molar-refractivity contribution in [1.29, 1.82) is 0 Å². The Morgan fingerprint density at radius 3 is 2.90 bits per heavy atom. The van der Waals surface area contributed by atoms with Gasteiger partial charge < -0.3 is 19.5 Å². The number of carbonyl (C=O) groups is 1. The summed E-state index contributed by atoms with van der Waals surface area (Å²) in [7, 11) is 1.65. The molecule has 0 aromatic carbocycles. The normalized spacial score (nSPS) is 17.5. The van der Waals surface area contributed by atoms with Crippen LogP contribution in [0.1, 0.15) is 12.8 Å². The first-order valence-corrected chi connectivity index (χ1v) is 7.14. The van der Waals surface area contributed by atoms with Crippen molar-refractivity contribution in [2.75, 3.05) is 26.9 Å². The number of amides is 1. The second-order valence-corrected chi connectivity index (χ2v) is 5.35. The lowest BCUT2D eigenvalue weighted by Crippen LogP contribution is -2.48. The summed E-state index contributed by atoms with van der Waals surface area (Å²) < 4.78 is 16.5. The smallest absolute Gasteiger partial charge is 0.391 e. The van der Waals surface area contributed by atoms with Gasteiger partial charge in [0.25, 0.3) is 0 Å². The summed E-state index contributed by atoms with van der Waals surface area (Å²) in [4.78, 5) is 15.8. The molecular formula is C13H17BrN2O4. The van der Waals surface area contributed by atoms with E-state index in [2.05, 4.69) is 26.2 Å². The van der Waals surface area contributed by atoms with Gasteiger partial charge in [-0.1, -0.05) is 6.07 Å². The fourth-order valence-corrected chi connectivity index (χ4v) is 2.33. The molecule has 1 saturated heterocycles. The molecule has 0 radical (unpaired) electrons. The number of nitrogens with zero attached hydrogens (tertiary/aromatic N) is 1. The SMILES string of the molecule is COC1(CNC(=O)Oc2cccc(Br)n2)CCOCC1. The maximum Gasteiger partial charge on any atom is 0.414 e. The predicted octanol–water partition coefficient (Wildman–Crippen LogP) is 2.13. The zero-order valence-electron chi connectivity index (χ0n) is 11.2. The van der Waals surface area contributed by atoms with Crippen LogP contribution >= 0.6 is 15.9 Å². The number of nitrogens with one attached hydrogen (secondary N) is 1. The number of methoxy groups -OCH3 is 1. The maximum atomic E-state index is 11.7. The van der Waals surface area contributed by atoms with Gasteiger partial charge in [0.05, 0.1) is 12.1 Å². The Hall–Kier alpha value is -1.18. The number of hydrogen-bond donors (Lipinski definition) is 1. The average molecular weight is 345 g/mol. The third kappa shape index (κ3) is 4.16. The number of carbonyl (C=O) groups excluding carboxylic acids is 1. The molecule has 20 heavy (non-hydrogen) atoms. The van der Waals surface area contributed by atoms with Gasteiger partial charge >= 0.3 is 6.09 Å². The van der Waals surface area contributed by atoms with Crippen LogP contribution in [0.5, 0.6) is 5.88 Å². The fourth-order valence-electron chi connectivity index (χ4n) is 2.01. The Bertz CT molecular complexity index is 463. The van der Waals surface area contributed by atoms with E-state index in [1.807, 2.05) is 0 Å². The maximum absolute atomic E-state index is 11.7. The fraction of sp³-hybridized carbons (Fsp3) is 0.538. The zero-order valence-corrected chi connectivity index (χ0v) is 12.8. The van der Waals surface area contributed by atoms with Crippen LogP contribution in [0.25, 0.3) is 0 Å². The first-order chi connectivity index (χ1) is 9.63. The Balaban J connectivity index is 1.85. The van der Waals surface area contributed by atoms with Crippen molar-refractivity contribution in [1.82, 2.24) is 10.3 Å². The minimum atomic E-state index is -0.543. The molecule has 1 aromatic heterocycles. The lowest BCUT2D eigenvalue weighted by Gasteiger charge is -2.35. The summed E-state index contributed by atoms with van der Waals surface area (Å²) in [5.74, 6) is 0.246. The number of pyridine rings is 1. The number of aromatic nitrogens is 1. The van der Waals surface area contributed by atoms with Crippen molar-refractivity contribution in [3.63, 3.8) is 0 Å². The Morgan fingerprint density at radius 2 is 2.25 bits per heavy atom. The minimum absolute atomic E-state index is 0.246. The molecular weight excluding hydrogens is 328 g/mol. The summed E-state index contributed by atoms with van der Waals surface area (Å²) in [5.41, 5.74) is -0.373. The molecule has 0 atom stereocenters. The van der Waals surface area contributed by atoms with E-state index in [0.29, 0.717) is 24.4 Å². The Kier molecular flexibility index (Phi) is 5.33. The molecule has 0 bridgehead atoms. The van der Waals surface area contributed by atoms with Crippen LogP contribution in [0.2, 0.25) is 0 Å². The van der Waals surface area contributed by atoms with Gasteiger partial charge in [-0.25, -0.2) is 9.78 Å². The molecule has 6 nitrogen and oxygen atoms in total. The van der Waals surface area contributed by atoms with E-state index in [-0.39, 0.29) is 11.5 Å². The third-order valence-corrected chi connectivity index (χ3v) is 3.72. The van der Waals surface area contributed by atoms with Crippen LogP contribution in [0.3, 0.4) is 0 Å². The summed E-state index contributed by atoms with van der Waals surface area (Å²) in [6, 6.07) is 5.12. The highest BCUT2D eigenvalue weighted by Crippen LogP contribution is 2.23. The van der Waals surface area contributed by atoms with Gasteiger partial charge in [-0.2, -0.15) is 0 Å². The lowest BCUT2D eigenvalue weighted by atomic mass is 9.94. The molecule has 1 aromatic rings. The molecule has 2 rings (SSSR count). The zero-order chi connectivity index (χ0) is 14.4. The van der Waals surface area contributed by atoms with Crippen molar-refractivity contribution in [2.24, 2.45) is 0 Å².